The van der Waals surface area contributed by atoms with Gasteiger partial charge in [0.05, 0.1) is 31.1 Å². The molecule has 2 aromatic carbocycles. The largest absolute Gasteiger partial charge is 0.496 e. The number of fused-ring (bicyclic) bond motifs is 1. The van der Waals surface area contributed by atoms with Crippen LogP contribution in [0.4, 0.5) is 13.2 Å². The maximum atomic E-state index is 13.7. The first-order chi connectivity index (χ1) is 20.9. The Morgan fingerprint density at radius 3 is 2.36 bits per heavy atom. The van der Waals surface area contributed by atoms with Gasteiger partial charge in [-0.3, -0.25) is 4.79 Å². The van der Waals surface area contributed by atoms with Gasteiger partial charge < -0.3 is 25.4 Å². The van der Waals surface area contributed by atoms with Crippen molar-refractivity contribution < 1.29 is 31.9 Å². The zero-order valence-electron chi connectivity index (χ0n) is 27.6. The third kappa shape index (κ3) is 10.7. The Labute approximate surface area is 269 Å². The maximum absolute atomic E-state index is 13.7. The van der Waals surface area contributed by atoms with Gasteiger partial charge >= 0.3 is 12.1 Å². The van der Waals surface area contributed by atoms with E-state index >= 15 is 0 Å². The van der Waals surface area contributed by atoms with Gasteiger partial charge in [0, 0.05) is 33.0 Å². The van der Waals surface area contributed by atoms with Gasteiger partial charge in [0.15, 0.2) is 0 Å². The Kier molecular flexibility index (Phi) is 12.1. The first-order valence-electron chi connectivity index (χ1n) is 15.5. The summed E-state index contributed by atoms with van der Waals surface area (Å²) in [5.74, 6) is 0.795. The van der Waals surface area contributed by atoms with Crippen LogP contribution in [0.15, 0.2) is 51.8 Å². The van der Waals surface area contributed by atoms with Gasteiger partial charge in [-0.15, -0.1) is 11.8 Å². The molecule has 0 radical (unpaired) electrons. The zero-order valence-corrected chi connectivity index (χ0v) is 28.4. The smallest absolute Gasteiger partial charge is 0.389 e. The number of hydrogen-bond donors (Lipinski definition) is 2. The van der Waals surface area contributed by atoms with Crippen molar-refractivity contribution in [3.05, 3.63) is 48.0 Å². The number of rotatable bonds is 16. The van der Waals surface area contributed by atoms with Crippen molar-refractivity contribution in [2.24, 2.45) is 22.3 Å². The molecule has 0 spiro atoms. The van der Waals surface area contributed by atoms with E-state index in [1.54, 1.807) is 34.8 Å². The molecule has 3 aromatic rings. The number of alkyl halides is 3. The lowest BCUT2D eigenvalue weighted by molar-refractivity contribution is -0.173. The second-order valence-electron chi connectivity index (χ2n) is 13.8. The van der Waals surface area contributed by atoms with Crippen LogP contribution in [0.5, 0.6) is 5.75 Å². The highest BCUT2D eigenvalue weighted by molar-refractivity contribution is 7.99. The molecule has 1 heterocycles. The molecule has 6 nitrogen and oxygen atoms in total. The molecule has 3 rings (SSSR count). The number of halogens is 3. The number of benzene rings is 2. The molecule has 0 aliphatic heterocycles. The highest BCUT2D eigenvalue weighted by Gasteiger charge is 2.43. The molecule has 10 heteroatoms. The predicted octanol–water partition coefficient (Wildman–Crippen LogP) is 8.92. The van der Waals surface area contributed by atoms with Crippen LogP contribution in [0.25, 0.3) is 22.3 Å². The average Bonchev–Trinajstić information content (AvgIpc) is 3.36. The van der Waals surface area contributed by atoms with Gasteiger partial charge in [-0.25, -0.2) is 0 Å². The number of carbonyl (C=O) groups is 1. The van der Waals surface area contributed by atoms with Crippen molar-refractivity contribution in [3.8, 4) is 17.1 Å². The molecule has 0 fully saturated rings. The van der Waals surface area contributed by atoms with Crippen LogP contribution in [-0.4, -0.2) is 43.2 Å². The lowest BCUT2D eigenvalue weighted by Gasteiger charge is -2.35. The average molecular weight is 651 g/mol. The molecule has 0 aliphatic carbocycles. The summed E-state index contributed by atoms with van der Waals surface area (Å²) in [6.07, 6.45) is -0.769. The number of furan rings is 1. The van der Waals surface area contributed by atoms with Crippen LogP contribution in [0, 0.1) is 10.8 Å². The number of esters is 1. The number of nitrogens with two attached hydrogens (primary N) is 2. The number of unbranched alkanes of at least 4 members (excludes halogenated alkanes) is 2. The fourth-order valence-electron chi connectivity index (χ4n) is 5.19. The van der Waals surface area contributed by atoms with Crippen molar-refractivity contribution in [1.29, 1.82) is 0 Å². The number of aryl methyl sites for hydroxylation is 1. The van der Waals surface area contributed by atoms with E-state index in [0.29, 0.717) is 17.8 Å². The summed E-state index contributed by atoms with van der Waals surface area (Å²) in [5.41, 5.74) is 11.9. The lowest BCUT2D eigenvalue weighted by atomic mass is 9.79. The maximum Gasteiger partial charge on any atom is 0.389 e. The number of hydrogen-bond acceptors (Lipinski definition) is 7. The van der Waals surface area contributed by atoms with Gasteiger partial charge in [0.1, 0.15) is 17.1 Å². The van der Waals surface area contributed by atoms with Crippen molar-refractivity contribution in [1.82, 2.24) is 0 Å². The summed E-state index contributed by atoms with van der Waals surface area (Å²) in [4.78, 5) is 13.8. The molecule has 250 valence electrons. The van der Waals surface area contributed by atoms with Crippen LogP contribution in [0.3, 0.4) is 0 Å². The number of methoxy groups -OCH3 is 1. The lowest BCUT2D eigenvalue weighted by Crippen LogP contribution is -2.50. The minimum atomic E-state index is -4.44. The molecular weight excluding hydrogens is 601 g/mol. The molecule has 2 atom stereocenters. The molecule has 2 unspecified atom stereocenters. The normalized spacial score (nSPS) is 14.8. The molecule has 4 N–H and O–H groups in total. The summed E-state index contributed by atoms with van der Waals surface area (Å²) in [6.45, 7) is 10.1. The SMILES string of the molecule is CCCCCc1ccc(-c2cc3ccc(SCC(C)(COC(=O)C(C)(C)C(N)CC(C)(C)N)CC(F)(F)F)cc3o2)c(OC)c1. The van der Waals surface area contributed by atoms with Crippen LogP contribution in [-0.2, 0) is 16.0 Å². The zero-order chi connectivity index (χ0) is 33.6. The van der Waals surface area contributed by atoms with Crippen molar-refractivity contribution in [2.45, 2.75) is 103 Å². The number of ether oxygens (including phenoxy) is 2. The van der Waals surface area contributed by atoms with Crippen molar-refractivity contribution in [2.75, 3.05) is 19.5 Å². The minimum absolute atomic E-state index is 0.0640. The van der Waals surface area contributed by atoms with E-state index in [-0.39, 0.29) is 5.75 Å². The highest BCUT2D eigenvalue weighted by Crippen LogP contribution is 2.41. The standard InChI is InChI=1S/C35H49F3N2O4S/c1-8-9-10-11-23-12-15-26(28(16-23)42-7)29-17-24-13-14-25(18-27(24)44-29)45-22-34(6,20-35(36,37)38)21-43-31(41)33(4,5)30(39)19-32(2,3)40/h12-18,30H,8-11,19-22,39-40H2,1-7H3. The Balaban J connectivity index is 1.75. The summed E-state index contributed by atoms with van der Waals surface area (Å²) >= 11 is 1.26. The van der Waals surface area contributed by atoms with E-state index in [9.17, 15) is 18.0 Å². The van der Waals surface area contributed by atoms with E-state index in [0.717, 1.165) is 40.9 Å². The quantitative estimate of drug-likeness (QED) is 0.0907. The third-order valence-corrected chi connectivity index (χ3v) is 9.49. The van der Waals surface area contributed by atoms with Crippen LogP contribution in [0.1, 0.15) is 79.2 Å². The Morgan fingerprint density at radius 1 is 1.02 bits per heavy atom. The van der Waals surface area contributed by atoms with E-state index < -0.39 is 47.6 Å². The Morgan fingerprint density at radius 2 is 1.73 bits per heavy atom. The molecule has 45 heavy (non-hydrogen) atoms. The number of thioether (sulfide) groups is 1. The Bertz CT molecular complexity index is 1430. The van der Waals surface area contributed by atoms with Crippen LogP contribution in [0.2, 0.25) is 0 Å². The predicted molar refractivity (Wildman–Crippen MR) is 177 cm³/mol. The molecule has 1 aromatic heterocycles. The third-order valence-electron chi connectivity index (χ3n) is 8.06. The van der Waals surface area contributed by atoms with E-state index in [2.05, 4.69) is 13.0 Å². The van der Waals surface area contributed by atoms with Gasteiger partial charge in [-0.05, 0) is 88.9 Å². The molecule has 0 saturated heterocycles. The van der Waals surface area contributed by atoms with Gasteiger partial charge in [0.25, 0.3) is 0 Å². The molecule has 0 bridgehead atoms. The molecule has 0 saturated carbocycles. The van der Waals surface area contributed by atoms with Gasteiger partial charge in [-0.2, -0.15) is 13.2 Å². The summed E-state index contributed by atoms with van der Waals surface area (Å²) in [6, 6.07) is 13.0. The van der Waals surface area contributed by atoms with Crippen LogP contribution >= 0.6 is 11.8 Å². The van der Waals surface area contributed by atoms with E-state index in [1.165, 1.54) is 30.7 Å². The summed E-state index contributed by atoms with van der Waals surface area (Å²) in [7, 11) is 1.64. The topological polar surface area (TPSA) is 101 Å². The van der Waals surface area contributed by atoms with E-state index in [4.69, 9.17) is 25.4 Å². The molecule has 0 aliphatic rings. The monoisotopic (exact) mass is 650 g/mol. The van der Waals surface area contributed by atoms with Gasteiger partial charge in [-0.1, -0.05) is 32.8 Å². The van der Waals surface area contributed by atoms with Gasteiger partial charge in [0.2, 0.25) is 0 Å². The molecular formula is C35H49F3N2O4S. The first-order valence-corrected chi connectivity index (χ1v) is 16.5. The second-order valence-corrected chi connectivity index (χ2v) is 14.8. The second kappa shape index (κ2) is 14.8. The highest BCUT2D eigenvalue weighted by atomic mass is 32.2. The number of carbonyl (C=O) groups excluding carboxylic acids is 1. The fraction of sp³-hybridized carbons (Fsp3) is 0.571. The first kappa shape index (κ1) is 36.8. The van der Waals surface area contributed by atoms with Crippen LogP contribution < -0.4 is 16.2 Å². The fourth-order valence-corrected chi connectivity index (χ4v) is 6.25. The van der Waals surface area contributed by atoms with E-state index in [1.807, 2.05) is 36.4 Å². The van der Waals surface area contributed by atoms with Crippen molar-refractivity contribution in [3.63, 3.8) is 0 Å². The Hall–Kier alpha value is -2.69. The molecule has 0 amide bonds. The summed E-state index contributed by atoms with van der Waals surface area (Å²) < 4.78 is 58.4. The summed E-state index contributed by atoms with van der Waals surface area (Å²) in [5, 5.41) is 0.870. The van der Waals surface area contributed by atoms with Crippen molar-refractivity contribution >= 4 is 28.7 Å². The minimum Gasteiger partial charge on any atom is -0.496 e.